The molecule has 3 amide bonds. The van der Waals surface area contributed by atoms with Crippen molar-refractivity contribution < 1.29 is 19.1 Å². The average Bonchev–Trinajstić information content (AvgIpc) is 3.23. The van der Waals surface area contributed by atoms with Gasteiger partial charge in [-0.05, 0) is 60.9 Å². The van der Waals surface area contributed by atoms with Gasteiger partial charge in [-0.3, -0.25) is 14.4 Å². The molecule has 0 unspecified atom stereocenters. The van der Waals surface area contributed by atoms with E-state index in [2.05, 4.69) is 10.2 Å². The summed E-state index contributed by atoms with van der Waals surface area (Å²) in [6.45, 7) is 1.16. The van der Waals surface area contributed by atoms with Gasteiger partial charge < -0.3 is 24.8 Å². The lowest BCUT2D eigenvalue weighted by Crippen LogP contribution is -2.57. The lowest BCUT2D eigenvalue weighted by Gasteiger charge is -2.43. The van der Waals surface area contributed by atoms with Crippen LogP contribution in [0.4, 0.5) is 11.4 Å². The Morgan fingerprint density at radius 1 is 0.923 bits per heavy atom. The van der Waals surface area contributed by atoms with E-state index in [9.17, 15) is 14.4 Å². The summed E-state index contributed by atoms with van der Waals surface area (Å²) in [4.78, 5) is 45.2. The number of carbonyl (C=O) groups excluding carboxylic acids is 3. The predicted molar refractivity (Wildman–Crippen MR) is 151 cm³/mol. The molecule has 2 fully saturated rings. The quantitative estimate of drug-likeness (QED) is 0.473. The number of amides is 3. The topological polar surface area (TPSA) is 82.2 Å². The Kier molecular flexibility index (Phi) is 7.63. The van der Waals surface area contributed by atoms with Crippen LogP contribution >= 0.6 is 0 Å². The number of likely N-dealkylation sites (tertiary alicyclic amines) is 1. The lowest BCUT2D eigenvalue weighted by molar-refractivity contribution is -0.138. The Bertz CT molecular complexity index is 1330. The van der Waals surface area contributed by atoms with Crippen LogP contribution in [0.2, 0.25) is 0 Å². The van der Waals surface area contributed by atoms with Crippen LogP contribution in [-0.4, -0.2) is 66.5 Å². The summed E-state index contributed by atoms with van der Waals surface area (Å²) >= 11 is 0. The predicted octanol–water partition coefficient (Wildman–Crippen LogP) is 4.01. The first-order valence-corrected chi connectivity index (χ1v) is 13.1. The van der Waals surface area contributed by atoms with E-state index in [1.807, 2.05) is 66.7 Å². The maximum absolute atomic E-state index is 13.9. The molecular formula is C31H32N4O4. The van der Waals surface area contributed by atoms with Crippen LogP contribution in [-0.2, 0) is 14.4 Å². The summed E-state index contributed by atoms with van der Waals surface area (Å²) < 4.78 is 5.17. The molecule has 0 radical (unpaired) electrons. The summed E-state index contributed by atoms with van der Waals surface area (Å²) in [5.74, 6) is 0.282. The molecule has 2 aliphatic heterocycles. The summed E-state index contributed by atoms with van der Waals surface area (Å²) in [5, 5.41) is 2.87. The SMILES string of the molecule is COc1ccc(NC(=O)CN2CN(c3ccccc3)C3(CCN(C(=O)/C=C/c4ccccc4)CC3)C2=O)cc1. The minimum Gasteiger partial charge on any atom is -0.497 e. The first kappa shape index (κ1) is 26.0. The Labute approximate surface area is 228 Å². The second-order valence-electron chi connectivity index (χ2n) is 9.79. The maximum Gasteiger partial charge on any atom is 0.250 e. The monoisotopic (exact) mass is 524 g/mol. The van der Waals surface area contributed by atoms with Crippen molar-refractivity contribution in [2.45, 2.75) is 18.4 Å². The van der Waals surface area contributed by atoms with Gasteiger partial charge in [0, 0.05) is 30.5 Å². The van der Waals surface area contributed by atoms with Gasteiger partial charge in [-0.1, -0.05) is 48.5 Å². The van der Waals surface area contributed by atoms with E-state index < -0.39 is 5.54 Å². The molecule has 5 rings (SSSR count). The van der Waals surface area contributed by atoms with Crippen molar-refractivity contribution in [3.8, 4) is 5.75 Å². The van der Waals surface area contributed by atoms with Crippen molar-refractivity contribution in [1.29, 1.82) is 0 Å². The number of nitrogens with one attached hydrogen (secondary N) is 1. The fraction of sp³-hybridized carbons (Fsp3) is 0.258. The number of hydrogen-bond acceptors (Lipinski definition) is 5. The molecule has 1 spiro atoms. The third-order valence-electron chi connectivity index (χ3n) is 7.41. The van der Waals surface area contributed by atoms with E-state index in [1.54, 1.807) is 47.3 Å². The molecule has 0 aliphatic carbocycles. The molecular weight excluding hydrogens is 492 g/mol. The van der Waals surface area contributed by atoms with Crippen molar-refractivity contribution in [1.82, 2.24) is 9.80 Å². The van der Waals surface area contributed by atoms with Gasteiger partial charge in [0.25, 0.3) is 5.91 Å². The van der Waals surface area contributed by atoms with Gasteiger partial charge in [0.05, 0.1) is 13.8 Å². The fourth-order valence-electron chi connectivity index (χ4n) is 5.30. The number of carbonyl (C=O) groups is 3. The molecule has 8 nitrogen and oxygen atoms in total. The van der Waals surface area contributed by atoms with Crippen LogP contribution in [0.1, 0.15) is 18.4 Å². The number of benzene rings is 3. The first-order chi connectivity index (χ1) is 19.0. The highest BCUT2D eigenvalue weighted by atomic mass is 16.5. The van der Waals surface area contributed by atoms with Gasteiger partial charge in [-0.15, -0.1) is 0 Å². The lowest BCUT2D eigenvalue weighted by atomic mass is 9.85. The third kappa shape index (κ3) is 5.65. The van der Waals surface area contributed by atoms with Crippen LogP contribution in [0, 0.1) is 0 Å². The smallest absolute Gasteiger partial charge is 0.250 e. The molecule has 3 aromatic rings. The number of ether oxygens (including phenoxy) is 1. The number of nitrogens with zero attached hydrogens (tertiary/aromatic N) is 3. The molecule has 0 bridgehead atoms. The van der Waals surface area contributed by atoms with Crippen LogP contribution in [0.15, 0.2) is 91.0 Å². The van der Waals surface area contributed by atoms with Crippen molar-refractivity contribution in [2.75, 3.05) is 43.6 Å². The highest BCUT2D eigenvalue weighted by molar-refractivity contribution is 5.99. The zero-order valence-corrected chi connectivity index (χ0v) is 22.0. The van der Waals surface area contributed by atoms with Gasteiger partial charge in [-0.2, -0.15) is 0 Å². The van der Waals surface area contributed by atoms with E-state index >= 15 is 0 Å². The Balaban J connectivity index is 1.29. The minimum atomic E-state index is -0.804. The highest BCUT2D eigenvalue weighted by Crippen LogP contribution is 2.39. The van der Waals surface area contributed by atoms with Gasteiger partial charge in [0.2, 0.25) is 11.8 Å². The number of piperidine rings is 1. The minimum absolute atomic E-state index is 0.0571. The highest BCUT2D eigenvalue weighted by Gasteiger charge is 2.54. The first-order valence-electron chi connectivity index (χ1n) is 13.1. The Morgan fingerprint density at radius 2 is 1.56 bits per heavy atom. The molecule has 39 heavy (non-hydrogen) atoms. The zero-order valence-electron chi connectivity index (χ0n) is 22.0. The number of methoxy groups -OCH3 is 1. The molecule has 2 aliphatic rings. The zero-order chi connectivity index (χ0) is 27.2. The van der Waals surface area contributed by atoms with Crippen LogP contribution < -0.4 is 15.0 Å². The fourth-order valence-corrected chi connectivity index (χ4v) is 5.30. The molecule has 0 atom stereocenters. The largest absolute Gasteiger partial charge is 0.497 e. The number of anilines is 2. The molecule has 0 aromatic heterocycles. The standard InChI is InChI=1S/C31H32N4O4/c1-39-27-15-13-25(14-16-27)32-28(36)22-34-23-35(26-10-6-3-7-11-26)31(30(34)38)18-20-33(21-19-31)29(37)17-12-24-8-4-2-5-9-24/h2-17H,18-23H2,1H3,(H,32,36)/b17-12+. The molecule has 3 aromatic carbocycles. The molecule has 200 valence electrons. The summed E-state index contributed by atoms with van der Waals surface area (Å²) in [5.41, 5.74) is 1.72. The average molecular weight is 525 g/mol. The van der Waals surface area contributed by atoms with E-state index in [0.717, 1.165) is 11.3 Å². The van der Waals surface area contributed by atoms with Gasteiger partial charge in [0.15, 0.2) is 0 Å². The van der Waals surface area contributed by atoms with Crippen LogP contribution in [0.3, 0.4) is 0 Å². The van der Waals surface area contributed by atoms with Crippen LogP contribution in [0.25, 0.3) is 6.08 Å². The number of hydrogen-bond donors (Lipinski definition) is 1. The van der Waals surface area contributed by atoms with Crippen molar-refractivity contribution >= 4 is 35.2 Å². The van der Waals surface area contributed by atoms with Crippen molar-refractivity contribution in [3.05, 3.63) is 96.6 Å². The number of rotatable bonds is 7. The number of para-hydroxylation sites is 1. The molecule has 2 saturated heterocycles. The van der Waals surface area contributed by atoms with Crippen LogP contribution in [0.5, 0.6) is 5.75 Å². The van der Waals surface area contributed by atoms with E-state index in [-0.39, 0.29) is 24.3 Å². The van der Waals surface area contributed by atoms with Crippen molar-refractivity contribution in [3.63, 3.8) is 0 Å². The second-order valence-corrected chi connectivity index (χ2v) is 9.79. The molecule has 0 saturated carbocycles. The van der Waals surface area contributed by atoms with Gasteiger partial charge in [-0.25, -0.2) is 0 Å². The van der Waals surface area contributed by atoms with E-state index in [0.29, 0.717) is 44.0 Å². The summed E-state index contributed by atoms with van der Waals surface area (Å²) in [7, 11) is 1.59. The molecule has 8 heteroatoms. The molecule has 1 N–H and O–H groups in total. The Morgan fingerprint density at radius 3 is 2.21 bits per heavy atom. The van der Waals surface area contributed by atoms with E-state index in [4.69, 9.17) is 4.74 Å². The third-order valence-corrected chi connectivity index (χ3v) is 7.41. The molecule has 2 heterocycles. The second kappa shape index (κ2) is 11.4. The Hall–Kier alpha value is -4.59. The van der Waals surface area contributed by atoms with Gasteiger partial charge in [0.1, 0.15) is 17.8 Å². The maximum atomic E-state index is 13.9. The van der Waals surface area contributed by atoms with Gasteiger partial charge >= 0.3 is 0 Å². The van der Waals surface area contributed by atoms with E-state index in [1.165, 1.54) is 0 Å². The summed E-state index contributed by atoms with van der Waals surface area (Å²) in [6, 6.07) is 26.6. The summed E-state index contributed by atoms with van der Waals surface area (Å²) in [6.07, 6.45) is 4.38. The normalized spacial score (nSPS) is 16.6. The van der Waals surface area contributed by atoms with Crippen molar-refractivity contribution in [2.24, 2.45) is 0 Å².